The molecule has 31 heavy (non-hydrogen) atoms. The second-order valence-corrected chi connectivity index (χ2v) is 7.44. The molecule has 0 radical (unpaired) electrons. The Morgan fingerprint density at radius 3 is 2.26 bits per heavy atom. The highest BCUT2D eigenvalue weighted by Gasteiger charge is 2.42. The summed E-state index contributed by atoms with van der Waals surface area (Å²) in [4.78, 5) is 26.6. The average molecular weight is 440 g/mol. The molecule has 1 unspecified atom stereocenters. The number of carbonyl (C=O) groups excluding carboxylic acids is 1. The third-order valence-corrected chi connectivity index (χ3v) is 5.49. The summed E-state index contributed by atoms with van der Waals surface area (Å²) in [5, 5.41) is 9.45. The Morgan fingerprint density at radius 1 is 1.00 bits per heavy atom. The van der Waals surface area contributed by atoms with Crippen molar-refractivity contribution in [2.24, 2.45) is 0 Å². The number of carboxylic acids is 1. The molecular formula is C24H25NO5S. The standard InChI is InChI=1S/C24H25NO5S/c26-22(27)16-25(20-10-5-2-6-11-20)23(28)24(18-31,30-17-21-12-7-15-29-21)14-13-19-8-3-1-4-9-19/h1-12,15,31H,13-14,16-18H2,(H,26,27). The zero-order valence-corrected chi connectivity index (χ0v) is 17.9. The fourth-order valence-corrected chi connectivity index (χ4v) is 3.68. The van der Waals surface area contributed by atoms with Crippen molar-refractivity contribution in [3.63, 3.8) is 0 Å². The molecule has 0 spiro atoms. The average Bonchev–Trinajstić information content (AvgIpc) is 3.32. The highest BCUT2D eigenvalue weighted by Crippen LogP contribution is 2.28. The quantitative estimate of drug-likeness (QED) is 0.438. The van der Waals surface area contributed by atoms with Crippen molar-refractivity contribution in [2.45, 2.75) is 25.0 Å². The molecule has 0 aliphatic carbocycles. The zero-order chi connectivity index (χ0) is 22.1. The molecule has 1 N–H and O–H groups in total. The molecule has 1 aromatic heterocycles. The van der Waals surface area contributed by atoms with Crippen LogP contribution in [0.1, 0.15) is 17.7 Å². The van der Waals surface area contributed by atoms with Crippen molar-refractivity contribution < 1.29 is 23.8 Å². The minimum atomic E-state index is -1.34. The van der Waals surface area contributed by atoms with E-state index in [4.69, 9.17) is 9.15 Å². The first-order chi connectivity index (χ1) is 15.0. The number of carboxylic acid groups (broad SMARTS) is 1. The molecule has 3 aromatic rings. The molecule has 162 valence electrons. The fourth-order valence-electron chi connectivity index (χ4n) is 3.30. The van der Waals surface area contributed by atoms with E-state index in [1.165, 1.54) is 11.2 Å². The van der Waals surface area contributed by atoms with Crippen LogP contribution >= 0.6 is 12.6 Å². The number of furan rings is 1. The maximum absolute atomic E-state index is 13.8. The van der Waals surface area contributed by atoms with Gasteiger partial charge in [0.25, 0.3) is 5.91 Å². The molecule has 0 fully saturated rings. The van der Waals surface area contributed by atoms with Crippen LogP contribution in [-0.4, -0.2) is 34.9 Å². The van der Waals surface area contributed by atoms with E-state index in [2.05, 4.69) is 12.6 Å². The molecule has 0 aliphatic rings. The number of carbonyl (C=O) groups is 2. The molecule has 0 saturated heterocycles. The summed E-state index contributed by atoms with van der Waals surface area (Å²) in [7, 11) is 0. The summed E-state index contributed by atoms with van der Waals surface area (Å²) >= 11 is 4.47. The Hall–Kier alpha value is -3.03. The number of amides is 1. The topological polar surface area (TPSA) is 80.0 Å². The number of aliphatic carboxylic acids is 1. The predicted molar refractivity (Wildman–Crippen MR) is 121 cm³/mol. The zero-order valence-electron chi connectivity index (χ0n) is 17.0. The van der Waals surface area contributed by atoms with Crippen molar-refractivity contribution in [1.82, 2.24) is 0 Å². The normalized spacial score (nSPS) is 12.8. The number of ether oxygens (including phenoxy) is 1. The number of thiol groups is 1. The molecule has 6 nitrogen and oxygen atoms in total. The number of aryl methyl sites for hydroxylation is 1. The van der Waals surface area contributed by atoms with E-state index in [0.29, 0.717) is 24.3 Å². The van der Waals surface area contributed by atoms with Gasteiger partial charge in [-0.25, -0.2) is 0 Å². The smallest absolute Gasteiger partial charge is 0.323 e. The van der Waals surface area contributed by atoms with Gasteiger partial charge in [0.2, 0.25) is 0 Å². The number of benzene rings is 2. The van der Waals surface area contributed by atoms with E-state index in [1.54, 1.807) is 36.4 Å². The van der Waals surface area contributed by atoms with Crippen molar-refractivity contribution in [2.75, 3.05) is 17.2 Å². The summed E-state index contributed by atoms with van der Waals surface area (Å²) in [6.45, 7) is -0.405. The van der Waals surface area contributed by atoms with E-state index in [1.807, 2.05) is 36.4 Å². The summed E-state index contributed by atoms with van der Waals surface area (Å²) in [6.07, 6.45) is 2.44. The van der Waals surface area contributed by atoms with E-state index in [0.717, 1.165) is 5.56 Å². The first-order valence-electron chi connectivity index (χ1n) is 9.94. The summed E-state index contributed by atoms with van der Waals surface area (Å²) < 4.78 is 11.5. The molecule has 3 rings (SSSR count). The van der Waals surface area contributed by atoms with Gasteiger partial charge in [-0.2, -0.15) is 12.6 Å². The van der Waals surface area contributed by atoms with Crippen LogP contribution in [0.25, 0.3) is 0 Å². The summed E-state index contributed by atoms with van der Waals surface area (Å²) in [6, 6.07) is 22.0. The number of rotatable bonds is 11. The highest BCUT2D eigenvalue weighted by atomic mass is 32.1. The third-order valence-electron chi connectivity index (χ3n) is 4.98. The van der Waals surface area contributed by atoms with E-state index in [-0.39, 0.29) is 12.4 Å². The number of para-hydroxylation sites is 1. The lowest BCUT2D eigenvalue weighted by atomic mass is 9.94. The molecule has 0 saturated carbocycles. The maximum Gasteiger partial charge on any atom is 0.323 e. The Morgan fingerprint density at radius 2 is 1.68 bits per heavy atom. The first kappa shape index (κ1) is 22.7. The lowest BCUT2D eigenvalue weighted by molar-refractivity contribution is -0.147. The molecule has 0 bridgehead atoms. The van der Waals surface area contributed by atoms with Crippen LogP contribution in [-0.2, 0) is 27.4 Å². The van der Waals surface area contributed by atoms with Crippen LogP contribution in [0.15, 0.2) is 83.5 Å². The largest absolute Gasteiger partial charge is 0.480 e. The molecule has 7 heteroatoms. The molecule has 1 atom stereocenters. The van der Waals surface area contributed by atoms with Gasteiger partial charge in [-0.1, -0.05) is 48.5 Å². The van der Waals surface area contributed by atoms with Gasteiger partial charge in [0.1, 0.15) is 18.9 Å². The number of nitrogens with zero attached hydrogens (tertiary/aromatic N) is 1. The first-order valence-corrected chi connectivity index (χ1v) is 10.6. The Balaban J connectivity index is 1.92. The fraction of sp³-hybridized carbons (Fsp3) is 0.250. The monoisotopic (exact) mass is 439 g/mol. The highest BCUT2D eigenvalue weighted by molar-refractivity contribution is 7.80. The van der Waals surface area contributed by atoms with Gasteiger partial charge in [0.05, 0.1) is 6.26 Å². The maximum atomic E-state index is 13.8. The molecule has 2 aromatic carbocycles. The van der Waals surface area contributed by atoms with Crippen LogP contribution in [0, 0.1) is 0 Å². The van der Waals surface area contributed by atoms with E-state index in [9.17, 15) is 14.7 Å². The van der Waals surface area contributed by atoms with Crippen LogP contribution in [0.2, 0.25) is 0 Å². The SMILES string of the molecule is O=C(O)CN(C(=O)C(CS)(CCc1ccccc1)OCc1ccco1)c1ccccc1. The van der Waals surface area contributed by atoms with Crippen molar-refractivity contribution in [3.05, 3.63) is 90.4 Å². The lowest BCUT2D eigenvalue weighted by Crippen LogP contribution is -2.54. The second kappa shape index (κ2) is 10.8. The molecule has 0 aliphatic heterocycles. The van der Waals surface area contributed by atoms with Gasteiger partial charge in [0, 0.05) is 11.4 Å². The number of hydrogen-bond donors (Lipinski definition) is 2. The third kappa shape index (κ3) is 5.99. The van der Waals surface area contributed by atoms with Gasteiger partial charge >= 0.3 is 5.97 Å². The lowest BCUT2D eigenvalue weighted by Gasteiger charge is -2.36. The van der Waals surface area contributed by atoms with E-state index < -0.39 is 24.0 Å². The van der Waals surface area contributed by atoms with Crippen LogP contribution in [0.3, 0.4) is 0 Å². The van der Waals surface area contributed by atoms with Crippen molar-refractivity contribution in [1.29, 1.82) is 0 Å². The molecule has 1 heterocycles. The van der Waals surface area contributed by atoms with Gasteiger partial charge in [0.15, 0.2) is 5.60 Å². The minimum absolute atomic E-state index is 0.0732. The van der Waals surface area contributed by atoms with Crippen LogP contribution in [0.4, 0.5) is 5.69 Å². The summed E-state index contributed by atoms with van der Waals surface area (Å²) in [5.41, 5.74) is 0.201. The van der Waals surface area contributed by atoms with Crippen molar-refractivity contribution in [3.8, 4) is 0 Å². The summed E-state index contributed by atoms with van der Waals surface area (Å²) in [5.74, 6) is -0.899. The van der Waals surface area contributed by atoms with Crippen LogP contribution < -0.4 is 4.90 Å². The van der Waals surface area contributed by atoms with Gasteiger partial charge < -0.3 is 14.3 Å². The predicted octanol–water partition coefficient (Wildman–Crippen LogP) is 4.22. The van der Waals surface area contributed by atoms with E-state index >= 15 is 0 Å². The second-order valence-electron chi connectivity index (χ2n) is 7.13. The van der Waals surface area contributed by atoms with Gasteiger partial charge in [-0.05, 0) is 42.7 Å². The van der Waals surface area contributed by atoms with Gasteiger partial charge in [-0.3, -0.25) is 14.5 Å². The molecular weight excluding hydrogens is 414 g/mol. The Bertz CT molecular complexity index is 962. The molecule has 1 amide bonds. The Kier molecular flexibility index (Phi) is 7.92. The minimum Gasteiger partial charge on any atom is -0.480 e. The van der Waals surface area contributed by atoms with Crippen LogP contribution in [0.5, 0.6) is 0 Å². The number of hydrogen-bond acceptors (Lipinski definition) is 5. The number of anilines is 1. The Labute approximate surface area is 186 Å². The van der Waals surface area contributed by atoms with Crippen molar-refractivity contribution >= 4 is 30.2 Å². The van der Waals surface area contributed by atoms with Gasteiger partial charge in [-0.15, -0.1) is 0 Å².